The lowest BCUT2D eigenvalue weighted by atomic mass is 9.66. The van der Waals surface area contributed by atoms with E-state index in [9.17, 15) is 32.4 Å². The summed E-state index contributed by atoms with van der Waals surface area (Å²) in [5.41, 5.74) is 0.440. The quantitative estimate of drug-likeness (QED) is 0.359. The highest BCUT2D eigenvalue weighted by atomic mass is 32.2. The van der Waals surface area contributed by atoms with E-state index in [0.29, 0.717) is 25.9 Å². The summed E-state index contributed by atoms with van der Waals surface area (Å²) >= 11 is 0. The highest BCUT2D eigenvalue weighted by Gasteiger charge is 2.66. The zero-order valence-electron chi connectivity index (χ0n) is 31.7. The van der Waals surface area contributed by atoms with Gasteiger partial charge in [-0.1, -0.05) is 70.2 Å². The van der Waals surface area contributed by atoms with Crippen molar-refractivity contribution in [3.05, 3.63) is 65.8 Å². The summed E-state index contributed by atoms with van der Waals surface area (Å²) in [6.45, 7) is 13.7. The van der Waals surface area contributed by atoms with Gasteiger partial charge in [0.05, 0.1) is 24.9 Å². The van der Waals surface area contributed by atoms with Crippen molar-refractivity contribution in [3.63, 3.8) is 0 Å². The summed E-state index contributed by atoms with van der Waals surface area (Å²) in [6.07, 6.45) is 8.52. The molecule has 0 radical (unpaired) electrons. The maximum Gasteiger partial charge on any atom is 0.410 e. The first-order valence-electron chi connectivity index (χ1n) is 19.1. The van der Waals surface area contributed by atoms with Crippen LogP contribution in [0.3, 0.4) is 0 Å². The Morgan fingerprint density at radius 3 is 2.47 bits per heavy atom. The molecule has 6 aliphatic rings. The molecule has 4 bridgehead atoms. The number of rotatable bonds is 6. The monoisotopic (exact) mass is 777 g/mol. The van der Waals surface area contributed by atoms with E-state index < -0.39 is 80.2 Å². The van der Waals surface area contributed by atoms with Crippen LogP contribution in [-0.4, -0.2) is 90.3 Å². The molecule has 4 fully saturated rings. The first-order chi connectivity index (χ1) is 26.0. The predicted molar refractivity (Wildman–Crippen MR) is 202 cm³/mol. The Kier molecular flexibility index (Phi) is 9.92. The standard InChI is InChI=1S/C40H51N5O9S/c1-6-30-24(2)40(30,35(48)43-55(51,52)28-14-15-28)42-33(46)31-19-27-21-45(31)34(47)32(38(3,4)5)41-36(49)53-23-39(17-10-18-39)16-8-7-11-25-12-9-13-26-20-44(22-29(25)26)37(50)54-27/h6-7,9,11-13,27-28,30-32H,1-2,8,10,14-23H2,3-5H3,(H,41,49)(H,42,46)(H,43,48)/b11-7+/t27-,30-,31+,32-,40-/m1/s1. The molecular formula is C40H51N5O9S. The molecule has 3 saturated carbocycles. The van der Waals surface area contributed by atoms with Crippen molar-refractivity contribution in [3.8, 4) is 0 Å². The van der Waals surface area contributed by atoms with Crippen LogP contribution in [0.1, 0.15) is 88.8 Å². The number of hydrogen-bond acceptors (Lipinski definition) is 9. The Morgan fingerprint density at radius 1 is 1.09 bits per heavy atom. The van der Waals surface area contributed by atoms with Crippen LogP contribution in [0.2, 0.25) is 0 Å². The summed E-state index contributed by atoms with van der Waals surface area (Å²) in [7, 11) is -3.98. The van der Waals surface area contributed by atoms with Crippen LogP contribution in [0.15, 0.2) is 49.1 Å². The highest BCUT2D eigenvalue weighted by molar-refractivity contribution is 7.91. The van der Waals surface area contributed by atoms with Gasteiger partial charge >= 0.3 is 12.2 Å². The third-order valence-electron chi connectivity index (χ3n) is 12.2. The molecule has 1 saturated heterocycles. The molecule has 14 nitrogen and oxygen atoms in total. The molecule has 3 N–H and O–H groups in total. The van der Waals surface area contributed by atoms with E-state index >= 15 is 0 Å². The van der Waals surface area contributed by atoms with Crippen molar-refractivity contribution in [2.45, 2.75) is 114 Å². The van der Waals surface area contributed by atoms with E-state index in [2.05, 4.69) is 40.7 Å². The number of sulfonamides is 1. The minimum absolute atomic E-state index is 0.120. The molecule has 296 valence electrons. The fourth-order valence-electron chi connectivity index (χ4n) is 8.45. The zero-order valence-corrected chi connectivity index (χ0v) is 32.5. The fraction of sp³-hybridized carbons (Fsp3) is 0.575. The van der Waals surface area contributed by atoms with Crippen LogP contribution in [0.4, 0.5) is 9.59 Å². The minimum Gasteiger partial charge on any atom is -0.449 e. The van der Waals surface area contributed by atoms with Crippen molar-refractivity contribution < 1.29 is 41.9 Å². The molecule has 5 amide bonds. The molecule has 3 aliphatic carbocycles. The first-order valence-corrected chi connectivity index (χ1v) is 20.7. The molecule has 15 heteroatoms. The van der Waals surface area contributed by atoms with E-state index in [1.807, 2.05) is 18.2 Å². The fourth-order valence-corrected chi connectivity index (χ4v) is 9.79. The summed E-state index contributed by atoms with van der Waals surface area (Å²) in [5, 5.41) is 4.79. The average molecular weight is 778 g/mol. The number of fused-ring (bicyclic) bond motifs is 3. The topological polar surface area (TPSA) is 181 Å². The van der Waals surface area contributed by atoms with Gasteiger partial charge in [0, 0.05) is 24.3 Å². The number of hydrogen-bond donors (Lipinski definition) is 3. The van der Waals surface area contributed by atoms with Gasteiger partial charge in [0.1, 0.15) is 18.2 Å². The van der Waals surface area contributed by atoms with Crippen molar-refractivity contribution in [1.29, 1.82) is 0 Å². The first kappa shape index (κ1) is 38.6. The second-order valence-electron chi connectivity index (χ2n) is 17.1. The van der Waals surface area contributed by atoms with Crippen LogP contribution < -0.4 is 15.4 Å². The van der Waals surface area contributed by atoms with Gasteiger partial charge in [-0.25, -0.2) is 18.0 Å². The normalized spacial score (nSPS) is 30.0. The Balaban J connectivity index is 1.18. The molecule has 55 heavy (non-hydrogen) atoms. The number of ether oxygens (including phenoxy) is 2. The van der Waals surface area contributed by atoms with Crippen molar-refractivity contribution in [1.82, 2.24) is 25.2 Å². The maximum absolute atomic E-state index is 14.6. The van der Waals surface area contributed by atoms with Gasteiger partial charge in [0.2, 0.25) is 21.8 Å². The van der Waals surface area contributed by atoms with Gasteiger partial charge in [0.15, 0.2) is 5.54 Å². The number of cyclic esters (lactones) is 1. The SMILES string of the molecule is C=C[C@@H]1C(=C)[C@]1(NC(=O)[C@@H]1C[C@@H]2CN1C(=O)[C@H](C(C)(C)C)NC(=O)OCC1(CC/C=C/c3cccc4c3CN(C4)C(=O)O2)CCC1)C(=O)NS(=O)(=O)C1CC1. The maximum atomic E-state index is 14.6. The van der Waals surface area contributed by atoms with Gasteiger partial charge in [-0.2, -0.15) is 0 Å². The van der Waals surface area contributed by atoms with Crippen molar-refractivity contribution >= 4 is 46.0 Å². The smallest absolute Gasteiger partial charge is 0.410 e. The summed E-state index contributed by atoms with van der Waals surface area (Å²) in [5.74, 6) is -3.12. The third-order valence-corrected chi connectivity index (χ3v) is 14.0. The van der Waals surface area contributed by atoms with E-state index in [1.54, 1.807) is 25.7 Å². The van der Waals surface area contributed by atoms with E-state index in [0.717, 1.165) is 48.8 Å². The number of benzene rings is 1. The number of carbonyl (C=O) groups is 5. The van der Waals surface area contributed by atoms with Crippen molar-refractivity contribution in [2.24, 2.45) is 16.7 Å². The van der Waals surface area contributed by atoms with Crippen LogP contribution >= 0.6 is 0 Å². The van der Waals surface area contributed by atoms with Gasteiger partial charge in [-0.15, -0.1) is 6.58 Å². The second-order valence-corrected chi connectivity index (χ2v) is 19.1. The molecule has 1 aromatic carbocycles. The lowest BCUT2D eigenvalue weighted by Gasteiger charge is -2.41. The molecule has 5 atom stereocenters. The van der Waals surface area contributed by atoms with Gasteiger partial charge in [0.25, 0.3) is 5.91 Å². The predicted octanol–water partition coefficient (Wildman–Crippen LogP) is 4.06. The van der Waals surface area contributed by atoms with Crippen LogP contribution in [0.25, 0.3) is 6.08 Å². The number of amides is 5. The lowest BCUT2D eigenvalue weighted by molar-refractivity contribution is -0.142. The molecule has 3 heterocycles. The van der Waals surface area contributed by atoms with E-state index in [1.165, 1.54) is 11.0 Å². The van der Waals surface area contributed by atoms with Crippen LogP contribution in [0, 0.1) is 16.7 Å². The molecule has 7 rings (SSSR count). The van der Waals surface area contributed by atoms with Gasteiger partial charge in [-0.05, 0) is 66.2 Å². The minimum atomic E-state index is -3.98. The van der Waals surface area contributed by atoms with Crippen LogP contribution in [0.5, 0.6) is 0 Å². The number of carbonyl (C=O) groups excluding carboxylic acids is 5. The summed E-state index contributed by atoms with van der Waals surface area (Å²) < 4.78 is 39.4. The summed E-state index contributed by atoms with van der Waals surface area (Å²) in [4.78, 5) is 72.5. The number of alkyl carbamates (subject to hydrolysis) is 1. The average Bonchev–Trinajstić information content (AvgIpc) is 3.94. The largest absolute Gasteiger partial charge is 0.449 e. The summed E-state index contributed by atoms with van der Waals surface area (Å²) in [6, 6.07) is 3.53. The zero-order chi connectivity index (χ0) is 39.5. The second kappa shape index (κ2) is 14.1. The number of nitrogens with zero attached hydrogens (tertiary/aromatic N) is 2. The Labute approximate surface area is 322 Å². The molecule has 0 unspecified atom stereocenters. The lowest BCUT2D eigenvalue weighted by Crippen LogP contribution is -2.60. The number of nitrogens with one attached hydrogen (secondary N) is 3. The molecule has 1 spiro atoms. The molecule has 0 aromatic heterocycles. The van der Waals surface area contributed by atoms with Gasteiger partial charge < -0.3 is 25.0 Å². The third kappa shape index (κ3) is 7.39. The highest BCUT2D eigenvalue weighted by Crippen LogP contribution is 2.50. The van der Waals surface area contributed by atoms with Gasteiger partial charge in [-0.3, -0.25) is 24.0 Å². The Morgan fingerprint density at radius 2 is 1.84 bits per heavy atom. The molecule has 1 aromatic rings. The molecular weight excluding hydrogens is 727 g/mol. The van der Waals surface area contributed by atoms with E-state index in [4.69, 9.17) is 9.47 Å². The van der Waals surface area contributed by atoms with Crippen LogP contribution in [-0.2, 0) is 47.0 Å². The number of allylic oxidation sites excluding steroid dienone is 1. The Hall–Kier alpha value is -4.66. The molecule has 3 aliphatic heterocycles. The Bertz CT molecular complexity index is 1960. The van der Waals surface area contributed by atoms with E-state index in [-0.39, 0.29) is 30.6 Å². The van der Waals surface area contributed by atoms with Crippen molar-refractivity contribution in [2.75, 3.05) is 13.2 Å².